The van der Waals surface area contributed by atoms with Gasteiger partial charge in [0.05, 0.1) is 26.4 Å². The minimum atomic E-state index is -0.193. The number of nitrogens with one attached hydrogen (secondary N) is 3. The van der Waals surface area contributed by atoms with Gasteiger partial charge in [-0.15, -0.1) is 10.2 Å². The van der Waals surface area contributed by atoms with Crippen LogP contribution in [-0.2, 0) is 19.1 Å². The molecule has 0 atom stereocenters. The van der Waals surface area contributed by atoms with Crippen LogP contribution in [0.5, 0.6) is 0 Å². The van der Waals surface area contributed by atoms with Gasteiger partial charge in [0, 0.05) is 49.5 Å². The average Bonchev–Trinajstić information content (AvgIpc) is 3.31. The maximum atomic E-state index is 12.3. The third-order valence-electron chi connectivity index (χ3n) is 7.07. The summed E-state index contributed by atoms with van der Waals surface area (Å²) in [5.74, 6) is 0.826. The molecule has 2 aliphatic rings. The van der Waals surface area contributed by atoms with E-state index in [1.165, 1.54) is 0 Å². The first-order valence-corrected chi connectivity index (χ1v) is 13.3. The van der Waals surface area contributed by atoms with Gasteiger partial charge in [-0.25, -0.2) is 0 Å². The molecule has 0 unspecified atom stereocenters. The fraction of sp³-hybridized carbons (Fsp3) is 0.593. The van der Waals surface area contributed by atoms with E-state index in [1.807, 2.05) is 6.92 Å². The van der Waals surface area contributed by atoms with Crippen molar-refractivity contribution < 1.29 is 28.3 Å². The molecule has 11 nitrogen and oxygen atoms in total. The Bertz CT molecular complexity index is 1090. The minimum Gasteiger partial charge on any atom is -0.421 e. The van der Waals surface area contributed by atoms with Gasteiger partial charge in [-0.05, 0) is 55.4 Å². The van der Waals surface area contributed by atoms with E-state index in [1.54, 1.807) is 31.2 Å². The molecule has 2 aliphatic carbocycles. The summed E-state index contributed by atoms with van der Waals surface area (Å²) >= 11 is 0. The molecule has 1 aromatic heterocycles. The number of hydrogen-bond acceptors (Lipinski definition) is 8. The third kappa shape index (κ3) is 7.61. The Hall–Kier alpha value is -3.31. The van der Waals surface area contributed by atoms with Gasteiger partial charge in [-0.1, -0.05) is 6.92 Å². The summed E-state index contributed by atoms with van der Waals surface area (Å²) in [6.45, 7) is 5.43. The van der Waals surface area contributed by atoms with E-state index < -0.39 is 0 Å². The smallest absolute Gasteiger partial charge is 0.251 e. The van der Waals surface area contributed by atoms with Crippen LogP contribution in [0.1, 0.15) is 61.7 Å². The van der Waals surface area contributed by atoms with E-state index in [0.717, 1.165) is 31.2 Å². The highest BCUT2D eigenvalue weighted by molar-refractivity contribution is 5.94. The summed E-state index contributed by atoms with van der Waals surface area (Å²) < 4.78 is 16.4. The van der Waals surface area contributed by atoms with Crippen LogP contribution >= 0.6 is 0 Å². The molecule has 4 rings (SSSR count). The van der Waals surface area contributed by atoms with Crippen molar-refractivity contribution in [3.8, 4) is 11.5 Å². The Labute approximate surface area is 222 Å². The molecule has 1 heterocycles. The van der Waals surface area contributed by atoms with E-state index >= 15 is 0 Å². The van der Waals surface area contributed by atoms with Crippen LogP contribution in [0.15, 0.2) is 28.7 Å². The number of carbonyl (C=O) groups is 3. The van der Waals surface area contributed by atoms with Gasteiger partial charge in [0.1, 0.15) is 0 Å². The van der Waals surface area contributed by atoms with Crippen molar-refractivity contribution in [3.63, 3.8) is 0 Å². The normalized spacial score (nSPS) is 21.8. The number of carbonyl (C=O) groups excluding carboxylic acids is 3. The molecule has 0 saturated heterocycles. The fourth-order valence-corrected chi connectivity index (χ4v) is 5.14. The molecule has 3 amide bonds. The van der Waals surface area contributed by atoms with Crippen molar-refractivity contribution >= 4 is 17.7 Å². The highest BCUT2D eigenvalue weighted by atomic mass is 16.5. The van der Waals surface area contributed by atoms with Crippen molar-refractivity contribution in [1.82, 2.24) is 26.1 Å². The maximum absolute atomic E-state index is 12.3. The highest BCUT2D eigenvalue weighted by Gasteiger charge is 2.53. The summed E-state index contributed by atoms with van der Waals surface area (Å²) in [7, 11) is 0. The number of benzene rings is 1. The minimum absolute atomic E-state index is 0.00359. The van der Waals surface area contributed by atoms with Crippen molar-refractivity contribution in [2.75, 3.05) is 33.0 Å². The van der Waals surface area contributed by atoms with Gasteiger partial charge in [0.15, 0.2) is 0 Å². The molecule has 0 radical (unpaired) electrons. The number of amides is 3. The molecule has 2 fully saturated rings. The molecule has 2 aromatic rings. The molecule has 0 bridgehead atoms. The highest BCUT2D eigenvalue weighted by Crippen LogP contribution is 2.55. The van der Waals surface area contributed by atoms with E-state index in [-0.39, 0.29) is 23.8 Å². The zero-order chi connectivity index (χ0) is 27.0. The van der Waals surface area contributed by atoms with Gasteiger partial charge in [-0.3, -0.25) is 14.4 Å². The summed E-state index contributed by atoms with van der Waals surface area (Å²) in [4.78, 5) is 35.9. The maximum Gasteiger partial charge on any atom is 0.251 e. The topological polar surface area (TPSA) is 145 Å². The standard InChI is InChI=1S/C27H37N5O6/c1-3-23(33)29-21-14-27(15-21)16-22(17-27)30-24(34)8-10-36-12-13-37-11-9-28-25(35)19-4-6-20(7-5-19)26-32-31-18(2)38-26/h4-7,21-22H,3,8-17H2,1-2H3,(H,28,35)(H,29,33)(H,30,34). The van der Waals surface area contributed by atoms with Gasteiger partial charge in [-0.2, -0.15) is 0 Å². The molecule has 206 valence electrons. The lowest BCUT2D eigenvalue weighted by atomic mass is 9.52. The Morgan fingerprint density at radius 2 is 1.55 bits per heavy atom. The predicted molar refractivity (Wildman–Crippen MR) is 138 cm³/mol. The Morgan fingerprint density at radius 1 is 0.921 bits per heavy atom. The molecule has 2 saturated carbocycles. The van der Waals surface area contributed by atoms with Crippen LogP contribution < -0.4 is 16.0 Å². The fourth-order valence-electron chi connectivity index (χ4n) is 5.14. The van der Waals surface area contributed by atoms with Crippen molar-refractivity contribution in [1.29, 1.82) is 0 Å². The van der Waals surface area contributed by atoms with Crippen LogP contribution in [0.3, 0.4) is 0 Å². The van der Waals surface area contributed by atoms with E-state index in [4.69, 9.17) is 13.9 Å². The van der Waals surface area contributed by atoms with E-state index in [9.17, 15) is 14.4 Å². The van der Waals surface area contributed by atoms with Crippen LogP contribution in [0.4, 0.5) is 0 Å². The first kappa shape index (κ1) is 27.7. The van der Waals surface area contributed by atoms with Gasteiger partial charge in [0.2, 0.25) is 23.6 Å². The first-order valence-electron chi connectivity index (χ1n) is 13.3. The monoisotopic (exact) mass is 527 g/mol. The summed E-state index contributed by atoms with van der Waals surface area (Å²) in [5, 5.41) is 16.7. The quantitative estimate of drug-likeness (QED) is 0.317. The molecule has 11 heteroatoms. The molecular weight excluding hydrogens is 490 g/mol. The van der Waals surface area contributed by atoms with Crippen molar-refractivity contribution in [2.45, 2.75) is 64.5 Å². The van der Waals surface area contributed by atoms with Crippen LogP contribution in [0, 0.1) is 12.3 Å². The lowest BCUT2D eigenvalue weighted by Gasteiger charge is -2.57. The summed E-state index contributed by atoms with van der Waals surface area (Å²) in [5.41, 5.74) is 1.60. The first-order chi connectivity index (χ1) is 18.4. The Morgan fingerprint density at radius 3 is 2.16 bits per heavy atom. The van der Waals surface area contributed by atoms with Crippen molar-refractivity contribution in [2.24, 2.45) is 5.41 Å². The van der Waals surface area contributed by atoms with Crippen LogP contribution in [0.25, 0.3) is 11.5 Å². The number of aromatic nitrogens is 2. The number of ether oxygens (including phenoxy) is 2. The number of rotatable bonds is 14. The Balaban J connectivity index is 0.966. The second kappa shape index (κ2) is 13.0. The molecular formula is C27H37N5O6. The average molecular weight is 528 g/mol. The summed E-state index contributed by atoms with van der Waals surface area (Å²) in [6.07, 6.45) is 4.87. The lowest BCUT2D eigenvalue weighted by molar-refractivity contribution is -0.127. The lowest BCUT2D eigenvalue weighted by Crippen LogP contribution is -2.61. The number of nitrogens with zero attached hydrogens (tertiary/aromatic N) is 2. The molecule has 0 aliphatic heterocycles. The second-order valence-electron chi connectivity index (χ2n) is 10.1. The number of aryl methyl sites for hydroxylation is 1. The Kier molecular flexibility index (Phi) is 9.46. The van der Waals surface area contributed by atoms with E-state index in [0.29, 0.717) is 74.6 Å². The van der Waals surface area contributed by atoms with Gasteiger partial charge in [0.25, 0.3) is 5.91 Å². The third-order valence-corrected chi connectivity index (χ3v) is 7.07. The number of hydrogen-bond donors (Lipinski definition) is 3. The second-order valence-corrected chi connectivity index (χ2v) is 10.1. The zero-order valence-electron chi connectivity index (χ0n) is 22.1. The van der Waals surface area contributed by atoms with Gasteiger partial charge >= 0.3 is 0 Å². The molecule has 1 spiro atoms. The van der Waals surface area contributed by atoms with E-state index in [2.05, 4.69) is 26.1 Å². The van der Waals surface area contributed by atoms with Crippen molar-refractivity contribution in [3.05, 3.63) is 35.7 Å². The summed E-state index contributed by atoms with van der Waals surface area (Å²) in [6, 6.07) is 7.47. The van der Waals surface area contributed by atoms with Crippen LogP contribution in [0.2, 0.25) is 0 Å². The van der Waals surface area contributed by atoms with Gasteiger partial charge < -0.3 is 29.8 Å². The SMILES string of the molecule is CCC(=O)NC1CC2(C1)CC(NC(=O)CCOCCOCCNC(=O)c1ccc(-c3nnc(C)o3)cc1)C2. The largest absolute Gasteiger partial charge is 0.421 e. The molecule has 38 heavy (non-hydrogen) atoms. The van der Waals surface area contributed by atoms with Crippen LogP contribution in [-0.4, -0.2) is 73.0 Å². The molecule has 1 aromatic carbocycles. The molecule has 3 N–H and O–H groups in total. The zero-order valence-corrected chi connectivity index (χ0v) is 22.1. The predicted octanol–water partition coefficient (Wildman–Crippen LogP) is 2.15.